The first kappa shape index (κ1) is 33.9. The lowest BCUT2D eigenvalue weighted by atomic mass is 10.0. The molecule has 0 bridgehead atoms. The number of anilines is 1. The first-order chi connectivity index (χ1) is 21.7. The number of amides is 1. The van der Waals surface area contributed by atoms with Crippen molar-refractivity contribution in [3.05, 3.63) is 83.2 Å². The normalized spacial score (nSPS) is 12.2. The number of ether oxygens (including phenoxy) is 2. The van der Waals surface area contributed by atoms with Crippen LogP contribution in [0.3, 0.4) is 0 Å². The maximum absolute atomic E-state index is 14.5. The lowest BCUT2D eigenvalue weighted by Gasteiger charge is -2.24. The molecule has 1 heterocycles. The lowest BCUT2D eigenvalue weighted by Crippen LogP contribution is -2.31. The van der Waals surface area contributed by atoms with E-state index in [2.05, 4.69) is 0 Å². The second-order valence-corrected chi connectivity index (χ2v) is 10.6. The van der Waals surface area contributed by atoms with Crippen LogP contribution in [0.25, 0.3) is 22.4 Å². The van der Waals surface area contributed by atoms with Gasteiger partial charge < -0.3 is 30.4 Å². The molecule has 0 saturated heterocycles. The number of primary amides is 1. The van der Waals surface area contributed by atoms with Gasteiger partial charge in [-0.3, -0.25) is 14.4 Å². The van der Waals surface area contributed by atoms with Crippen molar-refractivity contribution in [3.8, 4) is 11.4 Å². The van der Waals surface area contributed by atoms with Crippen molar-refractivity contribution in [1.29, 1.82) is 0 Å². The number of aromatic nitrogens is 2. The summed E-state index contributed by atoms with van der Waals surface area (Å²) in [4.78, 5) is 40.6. The summed E-state index contributed by atoms with van der Waals surface area (Å²) < 4.78 is 66.0. The molecule has 0 aliphatic rings. The fourth-order valence-electron chi connectivity index (χ4n) is 4.95. The van der Waals surface area contributed by atoms with Gasteiger partial charge in [0.15, 0.2) is 0 Å². The smallest absolute Gasteiger partial charge is 0.419 e. The van der Waals surface area contributed by atoms with Crippen molar-refractivity contribution in [3.63, 3.8) is 0 Å². The van der Waals surface area contributed by atoms with Gasteiger partial charge in [-0.05, 0) is 59.7 Å². The molecule has 0 spiro atoms. The molecule has 4 N–H and O–H groups in total. The largest absolute Gasteiger partial charge is 0.464 e. The zero-order chi connectivity index (χ0) is 33.6. The summed E-state index contributed by atoms with van der Waals surface area (Å²) in [6, 6.07) is 14.4. The van der Waals surface area contributed by atoms with Crippen LogP contribution < -0.4 is 16.4 Å². The van der Waals surface area contributed by atoms with Gasteiger partial charge >= 0.3 is 18.1 Å². The number of rotatable bonds is 13. The van der Waals surface area contributed by atoms with E-state index in [-0.39, 0.29) is 31.7 Å². The highest BCUT2D eigenvalue weighted by molar-refractivity contribution is 5.82. The van der Waals surface area contributed by atoms with E-state index in [1.54, 1.807) is 47.0 Å². The molecule has 10 nitrogen and oxygen atoms in total. The molecule has 3 aromatic carbocycles. The summed E-state index contributed by atoms with van der Waals surface area (Å²) >= 11 is 0. The monoisotopic (exact) mass is 643 g/mol. The van der Waals surface area contributed by atoms with Gasteiger partial charge in [-0.2, -0.15) is 13.2 Å². The number of hydrogen-bond acceptors (Lipinski definition) is 8. The molecule has 1 aromatic heterocycles. The van der Waals surface area contributed by atoms with Crippen molar-refractivity contribution in [2.24, 2.45) is 11.5 Å². The molecule has 244 valence electrons. The summed E-state index contributed by atoms with van der Waals surface area (Å²) in [6.07, 6.45) is -4.92. The Morgan fingerprint density at radius 2 is 1.57 bits per heavy atom. The predicted molar refractivity (Wildman–Crippen MR) is 162 cm³/mol. The first-order valence-corrected chi connectivity index (χ1v) is 14.2. The second-order valence-electron chi connectivity index (χ2n) is 10.6. The van der Waals surface area contributed by atoms with Crippen LogP contribution in [0.4, 0.5) is 23.2 Å². The molecule has 1 amide bonds. The van der Waals surface area contributed by atoms with Gasteiger partial charge in [0, 0.05) is 44.1 Å². The van der Waals surface area contributed by atoms with Gasteiger partial charge in [-0.1, -0.05) is 12.1 Å². The van der Waals surface area contributed by atoms with E-state index in [1.165, 1.54) is 19.9 Å². The van der Waals surface area contributed by atoms with Crippen LogP contribution >= 0.6 is 0 Å². The number of imidazole rings is 1. The third kappa shape index (κ3) is 8.59. The van der Waals surface area contributed by atoms with Gasteiger partial charge in [-0.15, -0.1) is 0 Å². The Balaban J connectivity index is 1.73. The summed E-state index contributed by atoms with van der Waals surface area (Å²) in [5.41, 5.74) is 13.4. The van der Waals surface area contributed by atoms with Crippen molar-refractivity contribution in [2.45, 2.75) is 39.0 Å². The van der Waals surface area contributed by atoms with Gasteiger partial charge in [-0.25, -0.2) is 9.37 Å². The highest BCUT2D eigenvalue weighted by atomic mass is 19.4. The summed E-state index contributed by atoms with van der Waals surface area (Å²) in [5.74, 6) is -2.38. The molecule has 46 heavy (non-hydrogen) atoms. The molecule has 0 radical (unpaired) electrons. The molecule has 14 heteroatoms. The summed E-state index contributed by atoms with van der Waals surface area (Å²) in [7, 11) is 0. The number of hydrogen-bond donors (Lipinski definition) is 2. The Labute approximate surface area is 261 Å². The van der Waals surface area contributed by atoms with Crippen LogP contribution in [0.15, 0.2) is 60.7 Å². The number of fused-ring (bicyclic) bond motifs is 1. The average molecular weight is 644 g/mol. The maximum atomic E-state index is 14.5. The van der Waals surface area contributed by atoms with Crippen LogP contribution in [0, 0.1) is 5.82 Å². The minimum Gasteiger partial charge on any atom is -0.464 e. The number of carbonyl (C=O) groups excluding carboxylic acids is 3. The Morgan fingerprint density at radius 1 is 0.935 bits per heavy atom. The quantitative estimate of drug-likeness (QED) is 0.158. The number of alkyl halides is 3. The first-order valence-electron chi connectivity index (χ1n) is 14.2. The number of halogens is 4. The minimum absolute atomic E-state index is 0.00771. The second kappa shape index (κ2) is 14.4. The van der Waals surface area contributed by atoms with Crippen LogP contribution in [0.1, 0.15) is 43.0 Å². The van der Waals surface area contributed by atoms with Crippen LogP contribution in [0.5, 0.6) is 0 Å². The predicted octanol–water partition coefficient (Wildman–Crippen LogP) is 4.72. The topological polar surface area (TPSA) is 143 Å². The minimum atomic E-state index is -4.83. The van der Waals surface area contributed by atoms with Crippen molar-refractivity contribution in [1.82, 2.24) is 9.55 Å². The highest BCUT2D eigenvalue weighted by Crippen LogP contribution is 2.33. The zero-order valence-electron chi connectivity index (χ0n) is 25.1. The molecule has 4 rings (SSSR count). The number of esters is 2. The van der Waals surface area contributed by atoms with Gasteiger partial charge in [0.25, 0.3) is 0 Å². The van der Waals surface area contributed by atoms with Crippen LogP contribution in [-0.4, -0.2) is 53.7 Å². The zero-order valence-corrected chi connectivity index (χ0v) is 25.1. The van der Waals surface area contributed by atoms with E-state index in [4.69, 9.17) is 25.9 Å². The Kier molecular flexibility index (Phi) is 10.6. The molecular weight excluding hydrogens is 610 g/mol. The number of nitrogens with zero attached hydrogens (tertiary/aromatic N) is 3. The summed E-state index contributed by atoms with van der Waals surface area (Å²) in [5, 5.41) is 0. The number of carbonyl (C=O) groups is 3. The fraction of sp³-hybridized carbons (Fsp3) is 0.312. The standard InChI is InChI=1S/C32H33F4N5O5/c1-19(42)45-13-11-40(12-14-46-20(2)43)24-7-4-22(5-8-24)31-39-28-16-23(27(37)17-30(38)44)6-10-29(28)41(31)18-21-3-9-25(26(33)15-21)32(34,35)36/h3-10,15-16,27H,11-14,17-18,37H2,1-2H3,(H2,38,44). The number of nitrogens with two attached hydrogens (primary N) is 2. The molecule has 0 saturated carbocycles. The molecule has 0 fully saturated rings. The van der Waals surface area contributed by atoms with E-state index in [0.717, 1.165) is 11.8 Å². The Morgan fingerprint density at radius 3 is 2.11 bits per heavy atom. The molecular formula is C32H33F4N5O5. The third-order valence-corrected chi connectivity index (χ3v) is 7.12. The van der Waals surface area contributed by atoms with E-state index >= 15 is 0 Å². The molecule has 1 atom stereocenters. The summed E-state index contributed by atoms with van der Waals surface area (Å²) in [6.45, 7) is 3.47. The maximum Gasteiger partial charge on any atom is 0.419 e. The average Bonchev–Trinajstić information content (AvgIpc) is 3.32. The molecule has 1 unspecified atom stereocenters. The van der Waals surface area contributed by atoms with Gasteiger partial charge in [0.2, 0.25) is 5.91 Å². The van der Waals surface area contributed by atoms with E-state index in [1.807, 2.05) is 4.90 Å². The SMILES string of the molecule is CC(=O)OCCN(CCOC(C)=O)c1ccc(-c2nc3cc(C(N)CC(N)=O)ccc3n2Cc2ccc(C(F)(F)F)c(F)c2)cc1. The molecule has 4 aromatic rings. The van der Waals surface area contributed by atoms with Crippen molar-refractivity contribution < 1.29 is 41.4 Å². The van der Waals surface area contributed by atoms with Gasteiger partial charge in [0.05, 0.1) is 29.7 Å². The van der Waals surface area contributed by atoms with Gasteiger partial charge in [0.1, 0.15) is 24.9 Å². The van der Waals surface area contributed by atoms with Crippen LogP contribution in [0.2, 0.25) is 0 Å². The third-order valence-electron chi connectivity index (χ3n) is 7.12. The van der Waals surface area contributed by atoms with E-state index in [9.17, 15) is 31.9 Å². The molecule has 0 aliphatic heterocycles. The van der Waals surface area contributed by atoms with Crippen LogP contribution in [-0.2, 0) is 36.6 Å². The van der Waals surface area contributed by atoms with Crippen molar-refractivity contribution in [2.75, 3.05) is 31.2 Å². The Bertz CT molecular complexity index is 1700. The Hall–Kier alpha value is -4.98. The van der Waals surface area contributed by atoms with E-state index in [0.29, 0.717) is 47.1 Å². The van der Waals surface area contributed by atoms with E-state index < -0.39 is 41.4 Å². The molecule has 0 aliphatic carbocycles. The lowest BCUT2D eigenvalue weighted by molar-refractivity contribution is -0.141. The fourth-order valence-corrected chi connectivity index (χ4v) is 4.95. The highest BCUT2D eigenvalue weighted by Gasteiger charge is 2.34. The number of benzene rings is 3. The van der Waals surface area contributed by atoms with Crippen molar-refractivity contribution >= 4 is 34.6 Å².